The Morgan fingerprint density at radius 1 is 1.13 bits per heavy atom. The maximum absolute atomic E-state index is 12.8. The van der Waals surface area contributed by atoms with Crippen molar-refractivity contribution in [2.45, 2.75) is 32.9 Å². The number of carbonyl (C=O) groups excluding carboxylic acids is 1. The van der Waals surface area contributed by atoms with Gasteiger partial charge in [-0.15, -0.1) is 0 Å². The minimum absolute atomic E-state index is 0.260. The third-order valence-electron chi connectivity index (χ3n) is 2.68. The number of aliphatic imine (C=N–C) groups is 1. The molecule has 1 amide bonds. The molecule has 0 fully saturated rings. The van der Waals surface area contributed by atoms with Crippen LogP contribution in [0.15, 0.2) is 29.3 Å². The smallest absolute Gasteiger partial charge is 0.407 e. The van der Waals surface area contributed by atoms with Crippen LogP contribution in [0.3, 0.4) is 0 Å². The number of amides is 1. The Kier molecular flexibility index (Phi) is 7.31. The molecule has 0 atom stereocenters. The highest BCUT2D eigenvalue weighted by Crippen LogP contribution is 2.06. The molecule has 1 aromatic rings. The van der Waals surface area contributed by atoms with E-state index in [1.54, 1.807) is 19.2 Å². The molecule has 1 aromatic carbocycles. The summed E-state index contributed by atoms with van der Waals surface area (Å²) in [4.78, 5) is 15.5. The summed E-state index contributed by atoms with van der Waals surface area (Å²) >= 11 is 0. The first kappa shape index (κ1) is 18.7. The van der Waals surface area contributed by atoms with Crippen LogP contribution in [0.5, 0.6) is 0 Å². The van der Waals surface area contributed by atoms with Crippen LogP contribution in [0.4, 0.5) is 9.18 Å². The van der Waals surface area contributed by atoms with Crippen molar-refractivity contribution in [2.24, 2.45) is 4.99 Å². The summed E-state index contributed by atoms with van der Waals surface area (Å²) < 4.78 is 18.0. The van der Waals surface area contributed by atoms with Gasteiger partial charge in [-0.2, -0.15) is 0 Å². The number of alkyl carbamates (subject to hydrolysis) is 1. The number of nitrogens with zero attached hydrogens (tertiary/aromatic N) is 1. The van der Waals surface area contributed by atoms with Gasteiger partial charge in [-0.3, -0.25) is 4.99 Å². The molecule has 0 aliphatic heterocycles. The van der Waals surface area contributed by atoms with Gasteiger partial charge < -0.3 is 20.7 Å². The lowest BCUT2D eigenvalue weighted by Crippen LogP contribution is -2.42. The molecule has 0 spiro atoms. The summed E-state index contributed by atoms with van der Waals surface area (Å²) in [6.07, 6.45) is -0.450. The molecule has 23 heavy (non-hydrogen) atoms. The predicted molar refractivity (Wildman–Crippen MR) is 88.8 cm³/mol. The fraction of sp³-hybridized carbons (Fsp3) is 0.500. The van der Waals surface area contributed by atoms with E-state index in [1.165, 1.54) is 12.1 Å². The van der Waals surface area contributed by atoms with E-state index in [1.807, 2.05) is 20.8 Å². The van der Waals surface area contributed by atoms with Gasteiger partial charge in [-0.05, 0) is 38.5 Å². The maximum Gasteiger partial charge on any atom is 0.407 e. The first-order valence-corrected chi connectivity index (χ1v) is 7.46. The van der Waals surface area contributed by atoms with Crippen LogP contribution < -0.4 is 16.0 Å². The molecule has 3 N–H and O–H groups in total. The van der Waals surface area contributed by atoms with E-state index in [2.05, 4.69) is 20.9 Å². The molecule has 0 saturated heterocycles. The molecular formula is C16H25FN4O2. The topological polar surface area (TPSA) is 74.8 Å². The van der Waals surface area contributed by atoms with E-state index < -0.39 is 11.7 Å². The number of nitrogens with one attached hydrogen (secondary N) is 3. The van der Waals surface area contributed by atoms with Crippen LogP contribution in [-0.2, 0) is 11.3 Å². The molecule has 6 nitrogen and oxygen atoms in total. The summed E-state index contributed by atoms with van der Waals surface area (Å²) in [7, 11) is 1.65. The van der Waals surface area contributed by atoms with Crippen molar-refractivity contribution >= 4 is 12.1 Å². The highest BCUT2D eigenvalue weighted by Gasteiger charge is 2.15. The Morgan fingerprint density at radius 2 is 1.74 bits per heavy atom. The molecule has 0 aliphatic rings. The second-order valence-electron chi connectivity index (χ2n) is 5.91. The minimum Gasteiger partial charge on any atom is -0.444 e. The second-order valence-corrected chi connectivity index (χ2v) is 5.91. The van der Waals surface area contributed by atoms with Gasteiger partial charge in [-0.25, -0.2) is 9.18 Å². The maximum atomic E-state index is 12.8. The molecule has 0 saturated carbocycles. The van der Waals surface area contributed by atoms with Crippen molar-refractivity contribution in [3.8, 4) is 0 Å². The van der Waals surface area contributed by atoms with Crippen LogP contribution in [0.25, 0.3) is 0 Å². The SMILES string of the molecule is CN=C(NCCNC(=O)OC(C)(C)C)NCc1ccc(F)cc1. The van der Waals surface area contributed by atoms with Crippen molar-refractivity contribution in [2.75, 3.05) is 20.1 Å². The van der Waals surface area contributed by atoms with E-state index in [4.69, 9.17) is 4.74 Å². The van der Waals surface area contributed by atoms with Gasteiger partial charge in [0, 0.05) is 26.7 Å². The van der Waals surface area contributed by atoms with Gasteiger partial charge in [0.25, 0.3) is 0 Å². The average molecular weight is 324 g/mol. The van der Waals surface area contributed by atoms with E-state index in [0.29, 0.717) is 25.6 Å². The standard InChI is InChI=1S/C16H25FN4O2/c1-16(2,3)23-15(22)20-10-9-19-14(18-4)21-11-12-5-7-13(17)8-6-12/h5-8H,9-11H2,1-4H3,(H,20,22)(H2,18,19,21). The van der Waals surface area contributed by atoms with Crippen LogP contribution in [-0.4, -0.2) is 37.8 Å². The largest absolute Gasteiger partial charge is 0.444 e. The van der Waals surface area contributed by atoms with Gasteiger partial charge in [-0.1, -0.05) is 12.1 Å². The highest BCUT2D eigenvalue weighted by molar-refractivity contribution is 5.79. The molecule has 0 radical (unpaired) electrons. The van der Waals surface area contributed by atoms with Gasteiger partial charge in [0.2, 0.25) is 0 Å². The predicted octanol–water partition coefficient (Wildman–Crippen LogP) is 2.02. The number of hydrogen-bond donors (Lipinski definition) is 3. The summed E-state index contributed by atoms with van der Waals surface area (Å²) in [6, 6.07) is 6.25. The third-order valence-corrected chi connectivity index (χ3v) is 2.68. The molecule has 1 rings (SSSR count). The summed E-state index contributed by atoms with van der Waals surface area (Å²) in [6.45, 7) is 6.87. The van der Waals surface area contributed by atoms with E-state index in [9.17, 15) is 9.18 Å². The minimum atomic E-state index is -0.510. The molecule has 0 bridgehead atoms. The molecule has 7 heteroatoms. The van der Waals surface area contributed by atoms with Crippen molar-refractivity contribution in [1.82, 2.24) is 16.0 Å². The first-order valence-electron chi connectivity index (χ1n) is 7.46. The van der Waals surface area contributed by atoms with Crippen molar-refractivity contribution < 1.29 is 13.9 Å². The second kappa shape index (κ2) is 8.97. The zero-order valence-corrected chi connectivity index (χ0v) is 14.1. The van der Waals surface area contributed by atoms with Crippen LogP contribution in [0.2, 0.25) is 0 Å². The Bertz CT molecular complexity index is 524. The molecule has 0 unspecified atom stereocenters. The lowest BCUT2D eigenvalue weighted by atomic mass is 10.2. The number of guanidine groups is 1. The first-order chi connectivity index (χ1) is 10.8. The molecular weight excluding hydrogens is 299 g/mol. The van der Waals surface area contributed by atoms with Crippen LogP contribution in [0, 0.1) is 5.82 Å². The third kappa shape index (κ3) is 8.65. The quantitative estimate of drug-likeness (QED) is 0.440. The summed E-state index contributed by atoms with van der Waals surface area (Å²) in [5, 5.41) is 8.82. The van der Waals surface area contributed by atoms with Gasteiger partial charge in [0.15, 0.2) is 5.96 Å². The fourth-order valence-electron chi connectivity index (χ4n) is 1.67. The van der Waals surface area contributed by atoms with Crippen molar-refractivity contribution in [1.29, 1.82) is 0 Å². The Hall–Kier alpha value is -2.31. The molecule has 0 aliphatic carbocycles. The van der Waals surface area contributed by atoms with E-state index in [0.717, 1.165) is 5.56 Å². The van der Waals surface area contributed by atoms with Crippen LogP contribution in [0.1, 0.15) is 26.3 Å². The highest BCUT2D eigenvalue weighted by atomic mass is 19.1. The molecule has 0 aromatic heterocycles. The number of halogens is 1. The van der Waals surface area contributed by atoms with Crippen LogP contribution >= 0.6 is 0 Å². The Morgan fingerprint density at radius 3 is 2.30 bits per heavy atom. The normalized spacial score (nSPS) is 11.8. The lowest BCUT2D eigenvalue weighted by Gasteiger charge is -2.19. The Labute approximate surface area is 136 Å². The zero-order chi connectivity index (χ0) is 17.3. The van der Waals surface area contributed by atoms with Gasteiger partial charge in [0.05, 0.1) is 0 Å². The number of rotatable bonds is 5. The van der Waals surface area contributed by atoms with E-state index >= 15 is 0 Å². The zero-order valence-electron chi connectivity index (χ0n) is 14.1. The Balaban J connectivity index is 2.24. The summed E-state index contributed by atoms with van der Waals surface area (Å²) in [5.74, 6) is 0.338. The molecule has 128 valence electrons. The number of benzene rings is 1. The fourth-order valence-corrected chi connectivity index (χ4v) is 1.67. The number of carbonyl (C=O) groups is 1. The van der Waals surface area contributed by atoms with Gasteiger partial charge >= 0.3 is 6.09 Å². The van der Waals surface area contributed by atoms with Crippen molar-refractivity contribution in [3.63, 3.8) is 0 Å². The lowest BCUT2D eigenvalue weighted by molar-refractivity contribution is 0.0529. The summed E-state index contributed by atoms with van der Waals surface area (Å²) in [5.41, 5.74) is 0.436. The van der Waals surface area contributed by atoms with E-state index in [-0.39, 0.29) is 5.82 Å². The van der Waals surface area contributed by atoms with Crippen molar-refractivity contribution in [3.05, 3.63) is 35.6 Å². The monoisotopic (exact) mass is 324 g/mol. The molecule has 0 heterocycles. The number of ether oxygens (including phenoxy) is 1. The van der Waals surface area contributed by atoms with Gasteiger partial charge in [0.1, 0.15) is 11.4 Å². The average Bonchev–Trinajstić information content (AvgIpc) is 2.46. The number of hydrogen-bond acceptors (Lipinski definition) is 3.